The highest BCUT2D eigenvalue weighted by molar-refractivity contribution is 5.88. The maximum Gasteiger partial charge on any atom is 0.231 e. The topological polar surface area (TPSA) is 41.6 Å². The van der Waals surface area contributed by atoms with E-state index in [2.05, 4.69) is 37.1 Å². The fraction of sp³-hybridized carbons (Fsp3) is 0.632. The first-order valence-corrected chi connectivity index (χ1v) is 8.56. The standard InChI is InChI=1S/C19H28N2O2/c1-18(2,3)21-12-15(14-8-5-6-9-16(14)23-4)19(17(21)22)10-7-11-20-13-19/h5-6,8-9,15,20H,7,10-13H2,1-4H3/t15-,19-/m1/s1. The zero-order chi connectivity index (χ0) is 16.7. The summed E-state index contributed by atoms with van der Waals surface area (Å²) in [7, 11) is 1.71. The number of para-hydroxylation sites is 1. The Morgan fingerprint density at radius 2 is 2.04 bits per heavy atom. The summed E-state index contributed by atoms with van der Waals surface area (Å²) in [5, 5.41) is 3.47. The van der Waals surface area contributed by atoms with Crippen LogP contribution in [-0.2, 0) is 4.79 Å². The molecule has 4 nitrogen and oxygen atoms in total. The van der Waals surface area contributed by atoms with Gasteiger partial charge in [0.25, 0.3) is 0 Å². The van der Waals surface area contributed by atoms with Gasteiger partial charge in [0.15, 0.2) is 0 Å². The molecule has 2 saturated heterocycles. The van der Waals surface area contributed by atoms with Gasteiger partial charge in [-0.2, -0.15) is 0 Å². The van der Waals surface area contributed by atoms with Crippen molar-refractivity contribution in [3.05, 3.63) is 29.8 Å². The third-order valence-electron chi connectivity index (χ3n) is 5.44. The van der Waals surface area contributed by atoms with Gasteiger partial charge in [-0.15, -0.1) is 0 Å². The van der Waals surface area contributed by atoms with Crippen LogP contribution in [0.5, 0.6) is 5.75 Å². The van der Waals surface area contributed by atoms with Gasteiger partial charge in [-0.1, -0.05) is 18.2 Å². The van der Waals surface area contributed by atoms with Crippen molar-refractivity contribution in [2.24, 2.45) is 5.41 Å². The Morgan fingerprint density at radius 3 is 2.65 bits per heavy atom. The fourth-order valence-corrected chi connectivity index (χ4v) is 4.20. The number of nitrogens with one attached hydrogen (secondary N) is 1. The molecule has 0 bridgehead atoms. The van der Waals surface area contributed by atoms with E-state index in [1.807, 2.05) is 18.2 Å². The van der Waals surface area contributed by atoms with E-state index in [0.717, 1.165) is 38.2 Å². The van der Waals surface area contributed by atoms with Crippen molar-refractivity contribution in [3.8, 4) is 5.75 Å². The molecule has 2 aliphatic heterocycles. The van der Waals surface area contributed by atoms with E-state index in [1.165, 1.54) is 5.56 Å². The van der Waals surface area contributed by atoms with Crippen LogP contribution in [0.2, 0.25) is 0 Å². The molecule has 3 rings (SSSR count). The second kappa shape index (κ2) is 5.82. The molecule has 2 fully saturated rings. The average Bonchev–Trinajstić information content (AvgIpc) is 2.81. The van der Waals surface area contributed by atoms with Crippen LogP contribution in [0.15, 0.2) is 24.3 Å². The predicted octanol–water partition coefficient (Wildman–Crippen LogP) is 2.79. The molecule has 23 heavy (non-hydrogen) atoms. The summed E-state index contributed by atoms with van der Waals surface area (Å²) in [5.74, 6) is 1.37. The molecule has 1 aromatic carbocycles. The molecule has 0 aliphatic carbocycles. The number of benzene rings is 1. The molecule has 1 spiro atoms. The first-order chi connectivity index (χ1) is 10.9. The summed E-state index contributed by atoms with van der Waals surface area (Å²) in [6.45, 7) is 8.91. The van der Waals surface area contributed by atoms with E-state index in [4.69, 9.17) is 4.74 Å². The molecule has 2 atom stereocenters. The molecule has 0 unspecified atom stereocenters. The summed E-state index contributed by atoms with van der Waals surface area (Å²) in [4.78, 5) is 15.4. The lowest BCUT2D eigenvalue weighted by Gasteiger charge is -2.38. The van der Waals surface area contributed by atoms with Crippen molar-refractivity contribution in [2.45, 2.75) is 45.1 Å². The lowest BCUT2D eigenvalue weighted by molar-refractivity contribution is -0.141. The number of carbonyl (C=O) groups is 1. The maximum absolute atomic E-state index is 13.4. The van der Waals surface area contributed by atoms with E-state index in [0.29, 0.717) is 5.91 Å². The molecule has 4 heteroatoms. The van der Waals surface area contributed by atoms with Crippen molar-refractivity contribution in [1.82, 2.24) is 10.2 Å². The monoisotopic (exact) mass is 316 g/mol. The van der Waals surface area contributed by atoms with E-state index in [-0.39, 0.29) is 16.9 Å². The van der Waals surface area contributed by atoms with Gasteiger partial charge in [0.2, 0.25) is 5.91 Å². The first-order valence-electron chi connectivity index (χ1n) is 8.56. The molecule has 1 aromatic rings. The number of hydrogen-bond donors (Lipinski definition) is 1. The van der Waals surface area contributed by atoms with Crippen LogP contribution >= 0.6 is 0 Å². The highest BCUT2D eigenvalue weighted by atomic mass is 16.5. The maximum atomic E-state index is 13.4. The Labute approximate surface area is 139 Å². The summed E-state index contributed by atoms with van der Waals surface area (Å²) >= 11 is 0. The summed E-state index contributed by atoms with van der Waals surface area (Å²) in [6.07, 6.45) is 2.00. The fourth-order valence-electron chi connectivity index (χ4n) is 4.20. The van der Waals surface area contributed by atoms with Crippen LogP contribution in [0, 0.1) is 5.41 Å². The Kier molecular flexibility index (Phi) is 4.13. The van der Waals surface area contributed by atoms with E-state index >= 15 is 0 Å². The second-order valence-electron chi connectivity index (χ2n) is 7.82. The van der Waals surface area contributed by atoms with Gasteiger partial charge in [-0.05, 0) is 46.2 Å². The van der Waals surface area contributed by atoms with Crippen molar-refractivity contribution in [3.63, 3.8) is 0 Å². The third kappa shape index (κ3) is 2.63. The first kappa shape index (κ1) is 16.3. The van der Waals surface area contributed by atoms with Gasteiger partial charge in [-0.25, -0.2) is 0 Å². The zero-order valence-electron chi connectivity index (χ0n) is 14.7. The molecule has 0 saturated carbocycles. The van der Waals surface area contributed by atoms with Crippen LogP contribution < -0.4 is 10.1 Å². The minimum Gasteiger partial charge on any atom is -0.496 e. The largest absolute Gasteiger partial charge is 0.496 e. The van der Waals surface area contributed by atoms with Gasteiger partial charge < -0.3 is 15.0 Å². The number of amides is 1. The molecule has 0 aromatic heterocycles. The van der Waals surface area contributed by atoms with Crippen molar-refractivity contribution < 1.29 is 9.53 Å². The Hall–Kier alpha value is -1.55. The highest BCUT2D eigenvalue weighted by Gasteiger charge is 2.57. The molecule has 2 heterocycles. The van der Waals surface area contributed by atoms with Crippen LogP contribution in [0.4, 0.5) is 0 Å². The average molecular weight is 316 g/mol. The van der Waals surface area contributed by atoms with Gasteiger partial charge in [0.1, 0.15) is 5.75 Å². The lowest BCUT2D eigenvalue weighted by atomic mass is 9.69. The Balaban J connectivity index is 2.07. The molecule has 1 amide bonds. The minimum atomic E-state index is -0.333. The number of ether oxygens (including phenoxy) is 1. The van der Waals surface area contributed by atoms with Crippen molar-refractivity contribution in [1.29, 1.82) is 0 Å². The number of likely N-dealkylation sites (tertiary alicyclic amines) is 1. The van der Waals surface area contributed by atoms with Gasteiger partial charge in [0.05, 0.1) is 12.5 Å². The molecule has 2 aliphatic rings. The lowest BCUT2D eigenvalue weighted by Crippen LogP contribution is -2.50. The highest BCUT2D eigenvalue weighted by Crippen LogP contribution is 2.51. The summed E-state index contributed by atoms with van der Waals surface area (Å²) in [6, 6.07) is 8.17. The van der Waals surface area contributed by atoms with Crippen LogP contribution in [-0.4, -0.2) is 43.1 Å². The minimum absolute atomic E-state index is 0.154. The Morgan fingerprint density at radius 1 is 1.30 bits per heavy atom. The second-order valence-corrected chi connectivity index (χ2v) is 7.82. The molecular weight excluding hydrogens is 288 g/mol. The van der Waals surface area contributed by atoms with E-state index < -0.39 is 0 Å². The quantitative estimate of drug-likeness (QED) is 0.912. The molecule has 1 N–H and O–H groups in total. The zero-order valence-corrected chi connectivity index (χ0v) is 14.7. The van der Waals surface area contributed by atoms with Crippen molar-refractivity contribution >= 4 is 5.91 Å². The van der Waals surface area contributed by atoms with Gasteiger partial charge >= 0.3 is 0 Å². The Bertz CT molecular complexity index is 585. The van der Waals surface area contributed by atoms with Crippen LogP contribution in [0.3, 0.4) is 0 Å². The number of rotatable bonds is 2. The van der Waals surface area contributed by atoms with Gasteiger partial charge in [-0.3, -0.25) is 4.79 Å². The molecule has 0 radical (unpaired) electrons. The number of methoxy groups -OCH3 is 1. The van der Waals surface area contributed by atoms with Gasteiger partial charge in [0, 0.05) is 30.1 Å². The van der Waals surface area contributed by atoms with Crippen molar-refractivity contribution in [2.75, 3.05) is 26.7 Å². The smallest absolute Gasteiger partial charge is 0.231 e. The number of carbonyl (C=O) groups excluding carboxylic acids is 1. The third-order valence-corrected chi connectivity index (χ3v) is 5.44. The van der Waals surface area contributed by atoms with Crippen LogP contribution in [0.1, 0.15) is 45.1 Å². The molecule has 126 valence electrons. The normalized spacial score (nSPS) is 28.4. The van der Waals surface area contributed by atoms with Crippen LogP contribution in [0.25, 0.3) is 0 Å². The molecular formula is C19H28N2O2. The SMILES string of the molecule is COc1ccccc1[C@H]1CN(C(C)(C)C)C(=O)[C@@]12CCCNC2. The number of nitrogens with zero attached hydrogens (tertiary/aromatic N) is 1. The van der Waals surface area contributed by atoms with E-state index in [1.54, 1.807) is 7.11 Å². The predicted molar refractivity (Wildman–Crippen MR) is 91.7 cm³/mol. The number of piperidine rings is 1. The number of hydrogen-bond acceptors (Lipinski definition) is 3. The summed E-state index contributed by atoms with van der Waals surface area (Å²) < 4.78 is 5.60. The summed E-state index contributed by atoms with van der Waals surface area (Å²) in [5.41, 5.74) is 0.678. The van der Waals surface area contributed by atoms with E-state index in [9.17, 15) is 4.79 Å².